The molecule has 3 aliphatic heterocycles. The van der Waals surface area contributed by atoms with Gasteiger partial charge in [-0.3, -0.25) is 19.2 Å². The summed E-state index contributed by atoms with van der Waals surface area (Å²) in [5.74, 6) is -3.40. The molecule has 3 fully saturated rings. The number of hydrogen-bond acceptors (Lipinski definition) is 8. The van der Waals surface area contributed by atoms with Crippen LogP contribution in [0.3, 0.4) is 0 Å². The van der Waals surface area contributed by atoms with Gasteiger partial charge in [0.1, 0.15) is 17.7 Å². The number of aliphatic hydroxyl groups excluding tert-OH is 1. The number of aliphatic hydroxyl groups is 1. The zero-order chi connectivity index (χ0) is 39.0. The number of carbonyl (C=O) groups is 4. The Hall–Kier alpha value is -4.00. The second-order valence-electron chi connectivity index (χ2n) is 14.4. The van der Waals surface area contributed by atoms with Crippen molar-refractivity contribution in [1.82, 2.24) is 10.2 Å². The van der Waals surface area contributed by atoms with Crippen LogP contribution in [0.1, 0.15) is 71.0 Å². The van der Waals surface area contributed by atoms with Gasteiger partial charge in [-0.05, 0) is 82.7 Å². The van der Waals surface area contributed by atoms with E-state index in [0.717, 1.165) is 18.8 Å². The summed E-state index contributed by atoms with van der Waals surface area (Å²) in [4.78, 5) is 62.2. The van der Waals surface area contributed by atoms with E-state index in [9.17, 15) is 19.5 Å². The summed E-state index contributed by atoms with van der Waals surface area (Å²) in [7, 11) is 0. The van der Waals surface area contributed by atoms with E-state index in [1.807, 2.05) is 54.6 Å². The molecule has 0 radical (unpaired) electrons. The lowest BCUT2D eigenvalue weighted by Crippen LogP contribution is -2.57. The van der Waals surface area contributed by atoms with E-state index in [-0.39, 0.29) is 48.7 Å². The third-order valence-electron chi connectivity index (χ3n) is 11.0. The Kier molecular flexibility index (Phi) is 14.1. The van der Waals surface area contributed by atoms with Gasteiger partial charge in [0, 0.05) is 55.4 Å². The SMILES string of the molecule is C=CCCC(=O)N[C@H](C)[C@@H](OC(=O)[C@H]1[C@@H]2O[C@@]3(CC2Br)[C@@H]1C(=O)N(CCCCCO)[C@@H]3C(=O)N(CC=C)c1ccc(N(CC)CC)cc1)c1ccccc1. The summed E-state index contributed by atoms with van der Waals surface area (Å²) in [5.41, 5.74) is 1.11. The monoisotopic (exact) mass is 806 g/mol. The predicted molar refractivity (Wildman–Crippen MR) is 213 cm³/mol. The number of likely N-dealkylation sites (tertiary alicyclic amines) is 1. The molecule has 5 rings (SSSR count). The summed E-state index contributed by atoms with van der Waals surface area (Å²) in [5, 5.41) is 12.4. The minimum Gasteiger partial charge on any atom is -0.455 e. The quantitative estimate of drug-likeness (QED) is 0.0754. The van der Waals surface area contributed by atoms with Crippen LogP contribution < -0.4 is 15.1 Å². The summed E-state index contributed by atoms with van der Waals surface area (Å²) >= 11 is 3.77. The Morgan fingerprint density at radius 2 is 1.74 bits per heavy atom. The van der Waals surface area contributed by atoms with Crippen molar-refractivity contribution in [3.05, 3.63) is 85.5 Å². The Morgan fingerprint density at radius 3 is 2.37 bits per heavy atom. The standard InChI is InChI=1S/C42H55BrN4O7/c1-6-10-19-33(49)44-28(5)36(29-17-13-11-14-18-29)53-41(52)34-35-39(50)47(25-15-12-16-26-48)38(42(35)27-32(43)37(34)54-42)40(51)46(24-7-2)31-22-20-30(21-23-31)45(8-3)9-4/h6-7,11,13-14,17-18,20-23,28,32,34-38,48H,1-2,8-10,12,15-16,19,24-27H2,3-5H3,(H,44,49)/t28-,32?,34-,35+,36-,37-,38-,42+/m1/s1. The molecule has 2 N–H and O–H groups in total. The minimum absolute atomic E-state index is 0.0269. The van der Waals surface area contributed by atoms with Crippen LogP contribution in [-0.4, -0.2) is 95.1 Å². The highest BCUT2D eigenvalue weighted by molar-refractivity contribution is 9.09. The van der Waals surface area contributed by atoms with Gasteiger partial charge in [0.05, 0.1) is 24.0 Å². The Morgan fingerprint density at radius 1 is 1.06 bits per heavy atom. The third-order valence-corrected chi connectivity index (χ3v) is 11.9. The normalized spacial score (nSPS) is 25.1. The maximum atomic E-state index is 15.0. The van der Waals surface area contributed by atoms with E-state index in [1.165, 1.54) is 0 Å². The van der Waals surface area contributed by atoms with Gasteiger partial charge >= 0.3 is 5.97 Å². The van der Waals surface area contributed by atoms with Gasteiger partial charge < -0.3 is 34.6 Å². The number of nitrogens with one attached hydrogen (secondary N) is 1. The largest absolute Gasteiger partial charge is 0.455 e. The Bertz CT molecular complexity index is 1640. The summed E-state index contributed by atoms with van der Waals surface area (Å²) in [6.45, 7) is 15.8. The molecular formula is C42H55BrN4O7. The third kappa shape index (κ3) is 8.30. The number of ether oxygens (including phenoxy) is 2. The molecule has 0 aromatic heterocycles. The van der Waals surface area contributed by atoms with Crippen molar-refractivity contribution in [2.24, 2.45) is 11.8 Å². The smallest absolute Gasteiger partial charge is 0.313 e. The van der Waals surface area contributed by atoms with E-state index in [2.05, 4.69) is 53.2 Å². The molecule has 54 heavy (non-hydrogen) atoms. The van der Waals surface area contributed by atoms with Crippen molar-refractivity contribution in [2.75, 3.05) is 42.6 Å². The molecule has 12 heteroatoms. The lowest BCUT2D eigenvalue weighted by molar-refractivity contribution is -0.162. The molecular weight excluding hydrogens is 752 g/mol. The van der Waals surface area contributed by atoms with Gasteiger partial charge in [-0.2, -0.15) is 0 Å². The number of carbonyl (C=O) groups excluding carboxylic acids is 4. The first-order valence-electron chi connectivity index (χ1n) is 19.2. The number of allylic oxidation sites excluding steroid dienone is 1. The molecule has 11 nitrogen and oxygen atoms in total. The number of halogens is 1. The van der Waals surface area contributed by atoms with Crippen LogP contribution in [0.4, 0.5) is 11.4 Å². The van der Waals surface area contributed by atoms with Crippen LogP contribution in [0.25, 0.3) is 0 Å². The van der Waals surface area contributed by atoms with E-state index < -0.39 is 47.7 Å². The highest BCUT2D eigenvalue weighted by atomic mass is 79.9. The van der Waals surface area contributed by atoms with Crippen molar-refractivity contribution in [3.63, 3.8) is 0 Å². The van der Waals surface area contributed by atoms with Gasteiger partial charge in [-0.1, -0.05) is 58.4 Å². The van der Waals surface area contributed by atoms with Crippen molar-refractivity contribution in [1.29, 1.82) is 0 Å². The molecule has 8 atom stereocenters. The first-order chi connectivity index (χ1) is 26.1. The Balaban J connectivity index is 1.49. The van der Waals surface area contributed by atoms with Crippen LogP contribution in [0.15, 0.2) is 79.9 Å². The molecule has 0 aliphatic carbocycles. The van der Waals surface area contributed by atoms with Crippen molar-refractivity contribution < 1.29 is 33.8 Å². The Labute approximate surface area is 327 Å². The molecule has 1 spiro atoms. The number of amides is 3. The second-order valence-corrected chi connectivity index (χ2v) is 15.5. The zero-order valence-corrected chi connectivity index (χ0v) is 33.3. The number of alkyl halides is 1. The van der Waals surface area contributed by atoms with Crippen LogP contribution >= 0.6 is 15.9 Å². The fourth-order valence-electron chi connectivity index (χ4n) is 8.46. The fraction of sp³-hybridized carbons (Fsp3) is 0.524. The predicted octanol–water partition coefficient (Wildman–Crippen LogP) is 5.72. The number of unbranched alkanes of at least 4 members (excludes halogenated alkanes) is 2. The van der Waals surface area contributed by atoms with Gasteiger partial charge in [0.2, 0.25) is 11.8 Å². The molecule has 0 saturated carbocycles. The van der Waals surface area contributed by atoms with Crippen LogP contribution in [0.5, 0.6) is 0 Å². The average molecular weight is 808 g/mol. The van der Waals surface area contributed by atoms with Crippen LogP contribution in [0, 0.1) is 11.8 Å². The number of anilines is 2. The van der Waals surface area contributed by atoms with Crippen LogP contribution in [0.2, 0.25) is 0 Å². The van der Waals surface area contributed by atoms with Gasteiger partial charge in [-0.15, -0.1) is 13.2 Å². The lowest BCUT2D eigenvalue weighted by Gasteiger charge is -2.37. The topological polar surface area (TPSA) is 129 Å². The maximum absolute atomic E-state index is 15.0. The van der Waals surface area contributed by atoms with Crippen molar-refractivity contribution in [3.8, 4) is 0 Å². The highest BCUT2D eigenvalue weighted by Gasteiger charge is 2.77. The summed E-state index contributed by atoms with van der Waals surface area (Å²) in [6, 6.07) is 15.4. The minimum atomic E-state index is -1.29. The molecule has 2 bridgehead atoms. The summed E-state index contributed by atoms with van der Waals surface area (Å²) in [6.07, 6.45) is 4.67. The van der Waals surface area contributed by atoms with Gasteiger partial charge in [0.15, 0.2) is 0 Å². The van der Waals surface area contributed by atoms with E-state index >= 15 is 4.79 Å². The number of hydrogen-bond donors (Lipinski definition) is 2. The lowest BCUT2D eigenvalue weighted by atomic mass is 9.70. The zero-order valence-electron chi connectivity index (χ0n) is 31.7. The van der Waals surface area contributed by atoms with Gasteiger partial charge in [0.25, 0.3) is 5.91 Å². The number of fused-ring (bicyclic) bond motifs is 1. The van der Waals surface area contributed by atoms with E-state index in [4.69, 9.17) is 9.47 Å². The molecule has 3 saturated heterocycles. The van der Waals surface area contributed by atoms with E-state index in [0.29, 0.717) is 43.4 Å². The van der Waals surface area contributed by atoms with E-state index in [1.54, 1.807) is 28.9 Å². The molecule has 2 aromatic rings. The number of benzene rings is 2. The maximum Gasteiger partial charge on any atom is 0.313 e. The number of esters is 1. The molecule has 3 heterocycles. The molecule has 292 valence electrons. The highest BCUT2D eigenvalue weighted by Crippen LogP contribution is 2.60. The number of rotatable bonds is 20. The first kappa shape index (κ1) is 41.2. The van der Waals surface area contributed by atoms with Crippen LogP contribution in [-0.2, 0) is 28.7 Å². The van der Waals surface area contributed by atoms with Crippen molar-refractivity contribution >= 4 is 51.0 Å². The van der Waals surface area contributed by atoms with Crippen molar-refractivity contribution in [2.45, 2.75) is 94.0 Å². The number of nitrogens with zero attached hydrogens (tertiary/aromatic N) is 3. The fourth-order valence-corrected chi connectivity index (χ4v) is 9.40. The molecule has 3 aliphatic rings. The van der Waals surface area contributed by atoms with Gasteiger partial charge in [-0.25, -0.2) is 0 Å². The summed E-state index contributed by atoms with van der Waals surface area (Å²) < 4.78 is 13.1. The average Bonchev–Trinajstić information content (AvgIpc) is 3.77. The molecule has 1 unspecified atom stereocenters. The molecule has 3 amide bonds. The first-order valence-corrected chi connectivity index (χ1v) is 20.1. The second kappa shape index (κ2) is 18.6. The molecule has 2 aromatic carbocycles.